The van der Waals surface area contributed by atoms with Crippen molar-refractivity contribution in [2.24, 2.45) is 0 Å². The van der Waals surface area contributed by atoms with Gasteiger partial charge >= 0.3 is 0 Å². The second kappa shape index (κ2) is 3.39. The van der Waals surface area contributed by atoms with Crippen molar-refractivity contribution in [1.29, 1.82) is 0 Å². The number of fused-ring (bicyclic) bond motifs is 4. The molecule has 1 aromatic carbocycles. The number of ether oxygens (including phenoxy) is 1. The van der Waals surface area contributed by atoms with Gasteiger partial charge in [0.2, 0.25) is 0 Å². The maximum Gasteiger partial charge on any atom is 0.163 e. The Morgan fingerprint density at radius 2 is 2.12 bits per heavy atom. The molecule has 3 heteroatoms. The van der Waals surface area contributed by atoms with Gasteiger partial charge in [-0.25, -0.2) is 0 Å². The molecule has 0 saturated carbocycles. The molecule has 1 aliphatic carbocycles. The predicted molar refractivity (Wildman–Crippen MR) is 65.8 cm³/mol. The normalized spacial score (nSPS) is 29.8. The molecule has 2 heterocycles. The van der Waals surface area contributed by atoms with Gasteiger partial charge < -0.3 is 4.74 Å². The summed E-state index contributed by atoms with van der Waals surface area (Å²) in [7, 11) is 0. The highest BCUT2D eigenvalue weighted by atomic mass is 32.2. The van der Waals surface area contributed by atoms with E-state index in [1.807, 2.05) is 12.1 Å². The van der Waals surface area contributed by atoms with Gasteiger partial charge in [-0.05, 0) is 12.5 Å². The summed E-state index contributed by atoms with van der Waals surface area (Å²) in [6, 6.07) is 8.33. The van der Waals surface area contributed by atoms with Crippen molar-refractivity contribution in [1.82, 2.24) is 0 Å². The average Bonchev–Trinajstić information content (AvgIpc) is 2.85. The minimum atomic E-state index is 0.0863. The Bertz CT molecular complexity index is 547. The molecule has 0 aromatic heterocycles. The Morgan fingerprint density at radius 1 is 1.24 bits per heavy atom. The van der Waals surface area contributed by atoms with Gasteiger partial charge in [0, 0.05) is 23.3 Å². The molecule has 0 saturated heterocycles. The van der Waals surface area contributed by atoms with Gasteiger partial charge in [0.05, 0.1) is 10.8 Å². The molecule has 0 unspecified atom stereocenters. The fourth-order valence-corrected chi connectivity index (χ4v) is 4.41. The van der Waals surface area contributed by atoms with Crippen molar-refractivity contribution in [2.45, 2.75) is 35.5 Å². The van der Waals surface area contributed by atoms with Crippen LogP contribution in [0.15, 0.2) is 40.5 Å². The molecule has 0 bridgehead atoms. The number of Topliss-reactive ketones (excluding diaryl/α,β-unsaturated/α-hetero) is 1. The highest BCUT2D eigenvalue weighted by molar-refractivity contribution is 8.00. The van der Waals surface area contributed by atoms with E-state index in [2.05, 4.69) is 12.1 Å². The van der Waals surface area contributed by atoms with Crippen molar-refractivity contribution in [2.75, 3.05) is 0 Å². The van der Waals surface area contributed by atoms with E-state index in [-0.39, 0.29) is 11.4 Å². The maximum absolute atomic E-state index is 12.0. The Kier molecular flexibility index (Phi) is 1.95. The molecular weight excluding hydrogens is 232 g/mol. The molecule has 1 aromatic rings. The van der Waals surface area contributed by atoms with Crippen LogP contribution in [0, 0.1) is 0 Å². The molecule has 0 fully saturated rings. The van der Waals surface area contributed by atoms with Crippen LogP contribution in [0.25, 0.3) is 0 Å². The Balaban J connectivity index is 1.79. The van der Waals surface area contributed by atoms with Crippen LogP contribution in [-0.4, -0.2) is 11.0 Å². The Labute approximate surface area is 104 Å². The van der Waals surface area contributed by atoms with Crippen LogP contribution in [0.5, 0.6) is 0 Å². The second-order valence-electron chi connectivity index (χ2n) is 4.73. The van der Waals surface area contributed by atoms with Gasteiger partial charge in [0.15, 0.2) is 5.78 Å². The van der Waals surface area contributed by atoms with Gasteiger partial charge in [-0.2, -0.15) is 0 Å². The molecule has 3 aliphatic rings. The largest absolute Gasteiger partial charge is 0.488 e. The van der Waals surface area contributed by atoms with Crippen LogP contribution >= 0.6 is 11.8 Å². The zero-order valence-electron chi connectivity index (χ0n) is 9.31. The van der Waals surface area contributed by atoms with E-state index in [0.717, 1.165) is 24.2 Å². The van der Waals surface area contributed by atoms with Crippen molar-refractivity contribution in [3.8, 4) is 0 Å². The summed E-state index contributed by atoms with van der Waals surface area (Å²) >= 11 is 1.79. The summed E-state index contributed by atoms with van der Waals surface area (Å²) < 4.78 is 6.02. The fraction of sp³-hybridized carbons (Fsp3) is 0.357. The molecule has 17 heavy (non-hydrogen) atoms. The first-order chi connectivity index (χ1) is 8.34. The van der Waals surface area contributed by atoms with E-state index in [9.17, 15) is 4.79 Å². The highest BCUT2D eigenvalue weighted by Crippen LogP contribution is 2.55. The molecule has 0 amide bonds. The van der Waals surface area contributed by atoms with E-state index in [0.29, 0.717) is 12.2 Å². The molecule has 2 atom stereocenters. The summed E-state index contributed by atoms with van der Waals surface area (Å²) in [5.41, 5.74) is 2.23. The number of rotatable bonds is 0. The molecule has 0 spiro atoms. The molecule has 4 rings (SSSR count). The second-order valence-corrected chi connectivity index (χ2v) is 5.91. The number of benzene rings is 1. The van der Waals surface area contributed by atoms with Crippen LogP contribution in [-0.2, 0) is 9.53 Å². The van der Waals surface area contributed by atoms with Crippen LogP contribution in [0.1, 0.15) is 30.9 Å². The standard InChI is InChI=1S/C14H12O2S/c15-9-5-3-6-10-12(9)14-13(16-10)8-4-1-2-7-11(8)17-14/h1-2,4,7,13-14H,3,5-6H2/t13-,14-/m0/s1. The van der Waals surface area contributed by atoms with Crippen molar-refractivity contribution in [3.63, 3.8) is 0 Å². The lowest BCUT2D eigenvalue weighted by molar-refractivity contribution is -0.116. The smallest absolute Gasteiger partial charge is 0.163 e. The number of carbonyl (C=O) groups is 1. The van der Waals surface area contributed by atoms with Gasteiger partial charge in [-0.15, -0.1) is 11.8 Å². The van der Waals surface area contributed by atoms with Crippen LogP contribution in [0.4, 0.5) is 0 Å². The van der Waals surface area contributed by atoms with Gasteiger partial charge in [-0.1, -0.05) is 18.2 Å². The highest BCUT2D eigenvalue weighted by Gasteiger charge is 2.47. The SMILES string of the molecule is O=C1CCCC2=C1[C@@H]1Sc3ccccc3[C@@H]1O2. The monoisotopic (exact) mass is 244 g/mol. The Hall–Kier alpha value is -1.22. The third-order valence-corrected chi connectivity index (χ3v) is 5.08. The van der Waals surface area contributed by atoms with E-state index in [1.54, 1.807) is 11.8 Å². The van der Waals surface area contributed by atoms with Crippen molar-refractivity contribution < 1.29 is 9.53 Å². The van der Waals surface area contributed by atoms with Crippen LogP contribution in [0.2, 0.25) is 0 Å². The fourth-order valence-electron chi connectivity index (χ4n) is 2.95. The van der Waals surface area contributed by atoms with Crippen molar-refractivity contribution in [3.05, 3.63) is 41.2 Å². The first kappa shape index (κ1) is 9.77. The first-order valence-electron chi connectivity index (χ1n) is 6.03. The predicted octanol–water partition coefficient (Wildman–Crippen LogP) is 3.24. The number of allylic oxidation sites excluding steroid dienone is 1. The summed E-state index contributed by atoms with van der Waals surface area (Å²) in [6.45, 7) is 0. The number of hydrogen-bond donors (Lipinski definition) is 0. The molecular formula is C14H12O2S. The zero-order valence-corrected chi connectivity index (χ0v) is 10.1. The van der Waals surface area contributed by atoms with Crippen molar-refractivity contribution >= 4 is 17.5 Å². The molecule has 86 valence electrons. The first-order valence-corrected chi connectivity index (χ1v) is 6.91. The molecule has 2 nitrogen and oxygen atoms in total. The number of hydrogen-bond acceptors (Lipinski definition) is 3. The third-order valence-electron chi connectivity index (χ3n) is 3.72. The van der Waals surface area contributed by atoms with Crippen LogP contribution < -0.4 is 0 Å². The average molecular weight is 244 g/mol. The van der Waals surface area contributed by atoms with Gasteiger partial charge in [0.1, 0.15) is 11.9 Å². The topological polar surface area (TPSA) is 26.3 Å². The van der Waals surface area contributed by atoms with Crippen LogP contribution in [0.3, 0.4) is 0 Å². The quantitative estimate of drug-likeness (QED) is 0.701. The lowest BCUT2D eigenvalue weighted by Crippen LogP contribution is -2.16. The van der Waals surface area contributed by atoms with E-state index in [4.69, 9.17) is 4.74 Å². The number of thioether (sulfide) groups is 1. The van der Waals surface area contributed by atoms with Gasteiger partial charge in [0.25, 0.3) is 0 Å². The molecule has 0 radical (unpaired) electrons. The number of carbonyl (C=O) groups excluding carboxylic acids is 1. The lowest BCUT2D eigenvalue weighted by atomic mass is 9.93. The van der Waals surface area contributed by atoms with E-state index < -0.39 is 0 Å². The number of ketones is 1. The summed E-state index contributed by atoms with van der Waals surface area (Å²) in [5, 5.41) is 0.218. The molecule has 0 N–H and O–H groups in total. The summed E-state index contributed by atoms with van der Waals surface area (Å²) in [4.78, 5) is 13.3. The van der Waals surface area contributed by atoms with Gasteiger partial charge in [-0.3, -0.25) is 4.79 Å². The zero-order chi connectivity index (χ0) is 11.4. The maximum atomic E-state index is 12.0. The molecule has 2 aliphatic heterocycles. The van der Waals surface area contributed by atoms with E-state index >= 15 is 0 Å². The third kappa shape index (κ3) is 1.26. The lowest BCUT2D eigenvalue weighted by Gasteiger charge is -2.13. The summed E-state index contributed by atoms with van der Waals surface area (Å²) in [6.07, 6.45) is 2.67. The minimum Gasteiger partial charge on any atom is -0.488 e. The minimum absolute atomic E-state index is 0.0863. The summed E-state index contributed by atoms with van der Waals surface area (Å²) in [5.74, 6) is 1.28. The van der Waals surface area contributed by atoms with E-state index in [1.165, 1.54) is 10.5 Å². The Morgan fingerprint density at radius 3 is 3.06 bits per heavy atom.